The Morgan fingerprint density at radius 1 is 0.885 bits per heavy atom. The maximum Gasteiger partial charge on any atom is 0.156 e. The second-order valence-electron chi connectivity index (χ2n) is 6.04. The number of aliphatic imine (C=N–C) groups is 1. The van der Waals surface area contributed by atoms with Gasteiger partial charge in [-0.2, -0.15) is 4.68 Å². The molecule has 0 aliphatic heterocycles. The molecule has 0 saturated heterocycles. The molecule has 4 aromatic rings. The molecule has 4 heteroatoms. The quantitative estimate of drug-likeness (QED) is 0.388. The van der Waals surface area contributed by atoms with Crippen molar-refractivity contribution in [3.8, 4) is 0 Å². The average Bonchev–Trinajstić information content (AvgIpc) is 3.11. The lowest BCUT2D eigenvalue weighted by molar-refractivity contribution is 0.864. The van der Waals surface area contributed by atoms with Gasteiger partial charge in [-0.25, -0.2) is 4.99 Å². The van der Waals surface area contributed by atoms with Crippen molar-refractivity contribution in [3.63, 3.8) is 0 Å². The number of rotatable bonds is 3. The number of hydrogen-bond donors (Lipinski definition) is 0. The van der Waals surface area contributed by atoms with Gasteiger partial charge in [0.05, 0.1) is 11.2 Å². The fourth-order valence-corrected chi connectivity index (χ4v) is 2.68. The Morgan fingerprint density at radius 3 is 2.42 bits per heavy atom. The molecule has 0 aliphatic carbocycles. The van der Waals surface area contributed by atoms with Crippen LogP contribution in [0.4, 0.5) is 5.69 Å². The number of nitrogens with zero attached hydrogens (tertiary/aromatic N) is 4. The molecule has 1 heterocycles. The highest BCUT2D eigenvalue weighted by molar-refractivity contribution is 6.03. The largest absolute Gasteiger partial charge is 0.229 e. The van der Waals surface area contributed by atoms with Gasteiger partial charge in [0.15, 0.2) is 5.84 Å². The van der Waals surface area contributed by atoms with E-state index in [1.54, 1.807) is 4.68 Å². The summed E-state index contributed by atoms with van der Waals surface area (Å²) in [6.07, 6.45) is 4.00. The molecule has 0 unspecified atom stereocenters. The van der Waals surface area contributed by atoms with Crippen LogP contribution in [0.25, 0.3) is 17.1 Å². The van der Waals surface area contributed by atoms with Gasteiger partial charge in [0.2, 0.25) is 0 Å². The van der Waals surface area contributed by atoms with Gasteiger partial charge in [0, 0.05) is 0 Å². The topological polar surface area (TPSA) is 43.1 Å². The summed E-state index contributed by atoms with van der Waals surface area (Å²) in [6.45, 7) is 2.06. The molecule has 0 amide bonds. The van der Waals surface area contributed by atoms with Crippen LogP contribution < -0.4 is 0 Å². The maximum atomic E-state index is 4.80. The van der Waals surface area contributed by atoms with E-state index in [9.17, 15) is 0 Å². The molecule has 0 N–H and O–H groups in total. The summed E-state index contributed by atoms with van der Waals surface area (Å²) in [5.41, 5.74) is 4.96. The first-order chi connectivity index (χ1) is 12.8. The average molecular weight is 338 g/mol. The SMILES string of the molecule is Cc1ccc(N=C(/C=C/c2ccccc2)n2nnc3ccccc32)cc1. The molecule has 0 fully saturated rings. The molecular weight excluding hydrogens is 320 g/mol. The lowest BCUT2D eigenvalue weighted by Gasteiger charge is -2.04. The molecule has 1 aromatic heterocycles. The van der Waals surface area contributed by atoms with E-state index < -0.39 is 0 Å². The van der Waals surface area contributed by atoms with Crippen molar-refractivity contribution in [2.75, 3.05) is 0 Å². The minimum atomic E-state index is 0.714. The number of aryl methyl sites for hydroxylation is 1. The second-order valence-corrected chi connectivity index (χ2v) is 6.04. The van der Waals surface area contributed by atoms with E-state index in [2.05, 4.69) is 41.5 Å². The van der Waals surface area contributed by atoms with Gasteiger partial charge in [0.1, 0.15) is 5.52 Å². The zero-order chi connectivity index (χ0) is 17.8. The summed E-state index contributed by atoms with van der Waals surface area (Å²) in [5.74, 6) is 0.714. The Hall–Kier alpha value is -3.53. The van der Waals surface area contributed by atoms with Crippen LogP contribution >= 0.6 is 0 Å². The number of benzene rings is 3. The van der Waals surface area contributed by atoms with Crippen LogP contribution in [0.5, 0.6) is 0 Å². The summed E-state index contributed by atoms with van der Waals surface area (Å²) in [6, 6.07) is 26.1. The van der Waals surface area contributed by atoms with Crippen LogP contribution in [0.1, 0.15) is 11.1 Å². The fourth-order valence-electron chi connectivity index (χ4n) is 2.68. The van der Waals surface area contributed by atoms with Crippen molar-refractivity contribution in [2.24, 2.45) is 4.99 Å². The van der Waals surface area contributed by atoms with Gasteiger partial charge in [-0.05, 0) is 42.8 Å². The maximum absolute atomic E-state index is 4.80. The molecule has 0 spiro atoms. The molecule has 0 atom stereocenters. The van der Waals surface area contributed by atoms with Crippen molar-refractivity contribution in [1.82, 2.24) is 15.0 Å². The first-order valence-corrected chi connectivity index (χ1v) is 8.49. The van der Waals surface area contributed by atoms with Gasteiger partial charge in [-0.15, -0.1) is 5.10 Å². The minimum absolute atomic E-state index is 0.714. The van der Waals surface area contributed by atoms with E-state index in [1.807, 2.05) is 66.7 Å². The summed E-state index contributed by atoms with van der Waals surface area (Å²) >= 11 is 0. The summed E-state index contributed by atoms with van der Waals surface area (Å²) in [5, 5.41) is 8.55. The molecule has 0 bridgehead atoms. The lowest BCUT2D eigenvalue weighted by atomic mass is 10.2. The Bertz CT molecular complexity index is 1070. The van der Waals surface area contributed by atoms with Crippen molar-refractivity contribution in [1.29, 1.82) is 0 Å². The predicted molar refractivity (Wildman–Crippen MR) is 107 cm³/mol. The Morgan fingerprint density at radius 2 is 1.62 bits per heavy atom. The molecule has 4 nitrogen and oxygen atoms in total. The Balaban J connectivity index is 1.81. The van der Waals surface area contributed by atoms with Crippen LogP contribution in [0.3, 0.4) is 0 Å². The molecule has 126 valence electrons. The van der Waals surface area contributed by atoms with E-state index >= 15 is 0 Å². The van der Waals surface area contributed by atoms with Crippen LogP contribution in [0.15, 0.2) is 89.9 Å². The van der Waals surface area contributed by atoms with Gasteiger partial charge in [-0.3, -0.25) is 0 Å². The van der Waals surface area contributed by atoms with Crippen molar-refractivity contribution < 1.29 is 0 Å². The highest BCUT2D eigenvalue weighted by Crippen LogP contribution is 2.16. The van der Waals surface area contributed by atoms with Gasteiger partial charge < -0.3 is 0 Å². The zero-order valence-electron chi connectivity index (χ0n) is 14.4. The van der Waals surface area contributed by atoms with Gasteiger partial charge in [-0.1, -0.05) is 71.5 Å². The van der Waals surface area contributed by atoms with E-state index in [0.717, 1.165) is 22.3 Å². The molecule has 26 heavy (non-hydrogen) atoms. The smallest absolute Gasteiger partial charge is 0.156 e. The zero-order valence-corrected chi connectivity index (χ0v) is 14.4. The van der Waals surface area contributed by atoms with Crippen LogP contribution in [-0.4, -0.2) is 20.8 Å². The minimum Gasteiger partial charge on any atom is -0.229 e. The third kappa shape index (κ3) is 3.44. The first-order valence-electron chi connectivity index (χ1n) is 8.49. The van der Waals surface area contributed by atoms with E-state index in [-0.39, 0.29) is 0 Å². The van der Waals surface area contributed by atoms with E-state index in [1.165, 1.54) is 5.56 Å². The number of hydrogen-bond acceptors (Lipinski definition) is 3. The van der Waals surface area contributed by atoms with Gasteiger partial charge >= 0.3 is 0 Å². The van der Waals surface area contributed by atoms with Crippen molar-refractivity contribution in [3.05, 3.63) is 96.1 Å². The van der Waals surface area contributed by atoms with Crippen LogP contribution in [-0.2, 0) is 0 Å². The second kappa shape index (κ2) is 7.15. The molecule has 0 aliphatic rings. The third-order valence-electron chi connectivity index (χ3n) is 4.07. The lowest BCUT2D eigenvalue weighted by Crippen LogP contribution is -2.10. The summed E-state index contributed by atoms with van der Waals surface area (Å²) < 4.78 is 1.77. The van der Waals surface area contributed by atoms with Crippen LogP contribution in [0.2, 0.25) is 0 Å². The predicted octanol–water partition coefficient (Wildman–Crippen LogP) is 5.03. The van der Waals surface area contributed by atoms with Crippen molar-refractivity contribution >= 4 is 28.6 Å². The number of aromatic nitrogens is 3. The molecule has 3 aromatic carbocycles. The van der Waals surface area contributed by atoms with Crippen LogP contribution in [0, 0.1) is 6.92 Å². The molecular formula is C22H18N4. The van der Waals surface area contributed by atoms with Gasteiger partial charge in [0.25, 0.3) is 0 Å². The highest BCUT2D eigenvalue weighted by Gasteiger charge is 2.08. The summed E-state index contributed by atoms with van der Waals surface area (Å²) in [7, 11) is 0. The standard InChI is InChI=1S/C22H18N4/c1-17-11-14-19(15-12-17)23-22(16-13-18-7-3-2-4-8-18)26-21-10-6-5-9-20(21)24-25-26/h2-16H,1H3/b16-13+,23-22?. The summed E-state index contributed by atoms with van der Waals surface area (Å²) in [4.78, 5) is 4.80. The van der Waals surface area contributed by atoms with Crippen molar-refractivity contribution in [2.45, 2.75) is 6.92 Å². The Labute approximate surface area is 152 Å². The number of allylic oxidation sites excluding steroid dienone is 1. The number of fused-ring (bicyclic) bond motifs is 1. The molecule has 0 radical (unpaired) electrons. The molecule has 0 saturated carbocycles. The fraction of sp³-hybridized carbons (Fsp3) is 0.0455. The monoisotopic (exact) mass is 338 g/mol. The van der Waals surface area contributed by atoms with E-state index in [0.29, 0.717) is 5.84 Å². The highest BCUT2D eigenvalue weighted by atomic mass is 15.4. The number of para-hydroxylation sites is 1. The third-order valence-corrected chi connectivity index (χ3v) is 4.07. The van der Waals surface area contributed by atoms with E-state index in [4.69, 9.17) is 4.99 Å². The Kier molecular flexibility index (Phi) is 4.39. The molecule has 4 rings (SSSR count). The normalized spacial score (nSPS) is 12.1. The first kappa shape index (κ1) is 16.0.